The van der Waals surface area contributed by atoms with Gasteiger partial charge in [-0.1, -0.05) is 0 Å². The molecule has 0 aromatic heterocycles. The quantitative estimate of drug-likeness (QED) is 0.882. The molecule has 2 atom stereocenters. The van der Waals surface area contributed by atoms with Crippen molar-refractivity contribution in [3.05, 3.63) is 24.0 Å². The van der Waals surface area contributed by atoms with E-state index < -0.39 is 5.82 Å². The molecule has 2 N–H and O–H groups in total. The van der Waals surface area contributed by atoms with Crippen molar-refractivity contribution < 1.29 is 13.9 Å². The van der Waals surface area contributed by atoms with E-state index in [1.165, 1.54) is 25.3 Å². The lowest BCUT2D eigenvalue weighted by atomic mass is 9.99. The highest BCUT2D eigenvalue weighted by Crippen LogP contribution is 2.22. The Hall–Kier alpha value is -1.62. The van der Waals surface area contributed by atoms with Gasteiger partial charge in [-0.3, -0.25) is 4.79 Å². The number of anilines is 1. The van der Waals surface area contributed by atoms with Crippen LogP contribution in [0.15, 0.2) is 18.2 Å². The molecule has 2 unspecified atom stereocenters. The van der Waals surface area contributed by atoms with Crippen LogP contribution in [0.5, 0.6) is 5.75 Å². The highest BCUT2D eigenvalue weighted by atomic mass is 19.1. The van der Waals surface area contributed by atoms with E-state index in [1.807, 2.05) is 0 Å². The van der Waals surface area contributed by atoms with Crippen LogP contribution in [0.1, 0.15) is 26.2 Å². The SMILES string of the molecule is COc1cc(NC(=O)C2CCCC(C)N2)ccc1F. The van der Waals surface area contributed by atoms with Crippen molar-refractivity contribution in [2.24, 2.45) is 0 Å². The number of halogens is 1. The molecule has 0 radical (unpaired) electrons. The van der Waals surface area contributed by atoms with E-state index in [4.69, 9.17) is 4.74 Å². The lowest BCUT2D eigenvalue weighted by molar-refractivity contribution is -0.118. The zero-order chi connectivity index (χ0) is 13.8. The van der Waals surface area contributed by atoms with Gasteiger partial charge in [-0.2, -0.15) is 0 Å². The lowest BCUT2D eigenvalue weighted by Gasteiger charge is -2.27. The third-order valence-corrected chi connectivity index (χ3v) is 3.35. The van der Waals surface area contributed by atoms with Crippen molar-refractivity contribution in [3.8, 4) is 5.75 Å². The van der Waals surface area contributed by atoms with Crippen molar-refractivity contribution in [1.82, 2.24) is 5.32 Å². The fourth-order valence-corrected chi connectivity index (χ4v) is 2.31. The second-order valence-electron chi connectivity index (χ2n) is 4.89. The van der Waals surface area contributed by atoms with Crippen molar-refractivity contribution in [2.45, 2.75) is 38.3 Å². The van der Waals surface area contributed by atoms with Gasteiger partial charge in [0.1, 0.15) is 0 Å². The smallest absolute Gasteiger partial charge is 0.241 e. The molecule has 1 aromatic rings. The fraction of sp³-hybridized carbons (Fsp3) is 0.500. The van der Waals surface area contributed by atoms with Crippen molar-refractivity contribution >= 4 is 11.6 Å². The third-order valence-electron chi connectivity index (χ3n) is 3.35. The Bertz CT molecular complexity index is 465. The molecule has 1 amide bonds. The molecule has 1 aromatic carbocycles. The normalized spacial score (nSPS) is 22.9. The van der Waals surface area contributed by atoms with Gasteiger partial charge < -0.3 is 15.4 Å². The Morgan fingerprint density at radius 2 is 2.26 bits per heavy atom. The fourth-order valence-electron chi connectivity index (χ4n) is 2.31. The number of piperidine rings is 1. The standard InChI is InChI=1S/C14H19FN2O2/c1-9-4-3-5-12(16-9)14(18)17-10-6-7-11(15)13(8-10)19-2/h6-9,12,16H,3-5H2,1-2H3,(H,17,18). The minimum Gasteiger partial charge on any atom is -0.494 e. The van der Waals surface area contributed by atoms with Crippen molar-refractivity contribution in [2.75, 3.05) is 12.4 Å². The van der Waals surface area contributed by atoms with Crippen LogP contribution in [0.3, 0.4) is 0 Å². The van der Waals surface area contributed by atoms with E-state index in [9.17, 15) is 9.18 Å². The molecule has 0 saturated carbocycles. The minimum absolute atomic E-state index is 0.0831. The summed E-state index contributed by atoms with van der Waals surface area (Å²) in [5.41, 5.74) is 0.545. The van der Waals surface area contributed by atoms with Crippen LogP contribution in [-0.2, 0) is 4.79 Å². The van der Waals surface area contributed by atoms with Gasteiger partial charge in [0.2, 0.25) is 5.91 Å². The lowest BCUT2D eigenvalue weighted by Crippen LogP contribution is -2.47. The number of rotatable bonds is 3. The molecule has 0 spiro atoms. The van der Waals surface area contributed by atoms with Gasteiger partial charge in [0.25, 0.3) is 0 Å². The number of benzene rings is 1. The molecule has 1 heterocycles. The van der Waals surface area contributed by atoms with Crippen LogP contribution in [-0.4, -0.2) is 25.1 Å². The Labute approximate surface area is 112 Å². The summed E-state index contributed by atoms with van der Waals surface area (Å²) < 4.78 is 18.2. The van der Waals surface area contributed by atoms with Gasteiger partial charge in [-0.05, 0) is 38.3 Å². The van der Waals surface area contributed by atoms with Gasteiger partial charge in [0.05, 0.1) is 13.2 Å². The van der Waals surface area contributed by atoms with Crippen LogP contribution < -0.4 is 15.4 Å². The van der Waals surface area contributed by atoms with Crippen molar-refractivity contribution in [1.29, 1.82) is 0 Å². The third kappa shape index (κ3) is 3.44. The summed E-state index contributed by atoms with van der Waals surface area (Å²) in [6, 6.07) is 4.47. The number of methoxy groups -OCH3 is 1. The number of hydrogen-bond acceptors (Lipinski definition) is 3. The zero-order valence-electron chi connectivity index (χ0n) is 11.2. The summed E-state index contributed by atoms with van der Waals surface area (Å²) in [6.07, 6.45) is 2.96. The molecule has 1 aliphatic heterocycles. The second-order valence-corrected chi connectivity index (χ2v) is 4.89. The first-order chi connectivity index (χ1) is 9.10. The maximum absolute atomic E-state index is 13.3. The topological polar surface area (TPSA) is 50.4 Å². The molecule has 1 fully saturated rings. The van der Waals surface area contributed by atoms with Crippen LogP contribution in [0.4, 0.5) is 10.1 Å². The van der Waals surface area contributed by atoms with Crippen LogP contribution in [0.25, 0.3) is 0 Å². The average molecular weight is 266 g/mol. The highest BCUT2D eigenvalue weighted by molar-refractivity contribution is 5.95. The van der Waals surface area contributed by atoms with Gasteiger partial charge in [0, 0.05) is 17.8 Å². The van der Waals surface area contributed by atoms with Crippen LogP contribution in [0, 0.1) is 5.82 Å². The first-order valence-electron chi connectivity index (χ1n) is 6.50. The van der Waals surface area contributed by atoms with Gasteiger partial charge in [0.15, 0.2) is 11.6 Å². The number of hydrogen-bond donors (Lipinski definition) is 2. The molecule has 0 aliphatic carbocycles. The summed E-state index contributed by atoms with van der Waals surface area (Å²) in [4.78, 5) is 12.1. The number of amides is 1. The maximum Gasteiger partial charge on any atom is 0.241 e. The summed E-state index contributed by atoms with van der Waals surface area (Å²) in [5, 5.41) is 6.04. The molecule has 5 heteroatoms. The van der Waals surface area contributed by atoms with E-state index in [1.54, 1.807) is 0 Å². The average Bonchev–Trinajstić information content (AvgIpc) is 2.41. The van der Waals surface area contributed by atoms with Crippen molar-refractivity contribution in [3.63, 3.8) is 0 Å². The maximum atomic E-state index is 13.3. The minimum atomic E-state index is -0.440. The summed E-state index contributed by atoms with van der Waals surface area (Å²) >= 11 is 0. The Kier molecular flexibility index (Phi) is 4.37. The van der Waals surface area contributed by atoms with E-state index in [-0.39, 0.29) is 17.7 Å². The summed E-state index contributed by atoms with van der Waals surface area (Å²) in [6.45, 7) is 2.07. The Balaban J connectivity index is 2.02. The first kappa shape index (κ1) is 13.8. The largest absolute Gasteiger partial charge is 0.494 e. The van der Waals surface area contributed by atoms with Gasteiger partial charge >= 0.3 is 0 Å². The molecule has 0 bridgehead atoms. The number of carbonyl (C=O) groups excluding carboxylic acids is 1. The number of ether oxygens (including phenoxy) is 1. The van der Waals surface area contributed by atoms with Crippen LogP contribution in [0.2, 0.25) is 0 Å². The zero-order valence-corrected chi connectivity index (χ0v) is 11.2. The molecular weight excluding hydrogens is 247 g/mol. The van der Waals surface area contributed by atoms with Crippen LogP contribution >= 0.6 is 0 Å². The van der Waals surface area contributed by atoms with E-state index in [0.29, 0.717) is 11.7 Å². The van der Waals surface area contributed by atoms with E-state index in [0.717, 1.165) is 19.3 Å². The van der Waals surface area contributed by atoms with E-state index in [2.05, 4.69) is 17.6 Å². The van der Waals surface area contributed by atoms with Gasteiger partial charge in [-0.15, -0.1) is 0 Å². The predicted octanol–water partition coefficient (Wildman–Crippen LogP) is 2.30. The summed E-state index contributed by atoms with van der Waals surface area (Å²) in [7, 11) is 1.40. The molecule has 1 aliphatic rings. The van der Waals surface area contributed by atoms with Gasteiger partial charge in [-0.25, -0.2) is 4.39 Å². The Morgan fingerprint density at radius 3 is 2.95 bits per heavy atom. The molecule has 2 rings (SSSR count). The second kappa shape index (κ2) is 6.02. The molecule has 104 valence electrons. The molecular formula is C14H19FN2O2. The Morgan fingerprint density at radius 1 is 1.47 bits per heavy atom. The molecule has 4 nitrogen and oxygen atoms in total. The molecule has 1 saturated heterocycles. The first-order valence-corrected chi connectivity index (χ1v) is 6.50. The monoisotopic (exact) mass is 266 g/mol. The highest BCUT2D eigenvalue weighted by Gasteiger charge is 2.24. The number of carbonyl (C=O) groups is 1. The van der Waals surface area contributed by atoms with E-state index >= 15 is 0 Å². The summed E-state index contributed by atoms with van der Waals surface area (Å²) in [5.74, 6) is -0.395. The predicted molar refractivity (Wildman–Crippen MR) is 71.8 cm³/mol. The molecule has 19 heavy (non-hydrogen) atoms. The number of nitrogens with one attached hydrogen (secondary N) is 2.